The third-order valence-corrected chi connectivity index (χ3v) is 1.42. The molecular weight excluding hydrogens is 190 g/mol. The van der Waals surface area contributed by atoms with Crippen LogP contribution in [0.25, 0.3) is 0 Å². The largest absolute Gasteiger partial charge is 0.478 e. The van der Waals surface area contributed by atoms with Gasteiger partial charge in [-0.15, -0.1) is 0 Å². The van der Waals surface area contributed by atoms with Crippen LogP contribution in [0.15, 0.2) is 24.3 Å². The maximum Gasteiger partial charge on any atom is 0.336 e. The number of carbonyl (C=O) groups is 2. The lowest BCUT2D eigenvalue weighted by molar-refractivity contribution is 0.0692. The molecule has 0 atom stereocenters. The molecule has 4 nitrogen and oxygen atoms in total. The molecule has 0 aliphatic heterocycles. The third-order valence-electron chi connectivity index (χ3n) is 1.42. The molecule has 0 aliphatic carbocycles. The summed E-state index contributed by atoms with van der Waals surface area (Å²) < 4.78 is 0. The molecular formula is C8H9NO3S. The van der Waals surface area contributed by atoms with Gasteiger partial charge in [0.15, 0.2) is 0 Å². The van der Waals surface area contributed by atoms with Crippen molar-refractivity contribution in [3.05, 3.63) is 35.4 Å². The van der Waals surface area contributed by atoms with Gasteiger partial charge in [0.05, 0.1) is 11.1 Å². The predicted molar refractivity (Wildman–Crippen MR) is 52.3 cm³/mol. The van der Waals surface area contributed by atoms with E-state index in [1.807, 2.05) is 0 Å². The molecule has 1 rings (SSSR count). The van der Waals surface area contributed by atoms with Gasteiger partial charge in [-0.1, -0.05) is 12.1 Å². The molecule has 1 aromatic rings. The van der Waals surface area contributed by atoms with E-state index in [1.165, 1.54) is 18.2 Å². The average molecular weight is 199 g/mol. The number of hydrogen-bond donors (Lipinski definition) is 2. The molecule has 0 unspecified atom stereocenters. The highest BCUT2D eigenvalue weighted by Crippen LogP contribution is 2.06. The second kappa shape index (κ2) is 4.51. The third kappa shape index (κ3) is 2.48. The van der Waals surface area contributed by atoms with E-state index in [2.05, 4.69) is 0 Å². The van der Waals surface area contributed by atoms with Crippen LogP contribution in [-0.2, 0) is 0 Å². The second-order valence-corrected chi connectivity index (χ2v) is 2.21. The van der Waals surface area contributed by atoms with Crippen LogP contribution in [0.1, 0.15) is 20.7 Å². The number of aromatic carboxylic acids is 1. The minimum absolute atomic E-state index is 0. The first-order valence-electron chi connectivity index (χ1n) is 3.25. The quantitative estimate of drug-likeness (QED) is 0.731. The molecule has 1 amide bonds. The van der Waals surface area contributed by atoms with E-state index in [9.17, 15) is 9.59 Å². The second-order valence-electron chi connectivity index (χ2n) is 2.21. The zero-order chi connectivity index (χ0) is 9.14. The number of amides is 1. The molecule has 70 valence electrons. The normalized spacial score (nSPS) is 8.62. The Labute approximate surface area is 81.8 Å². The van der Waals surface area contributed by atoms with Gasteiger partial charge in [-0.2, -0.15) is 13.5 Å². The number of nitrogens with two attached hydrogens (primary N) is 1. The Hall–Kier alpha value is -1.49. The molecule has 13 heavy (non-hydrogen) atoms. The van der Waals surface area contributed by atoms with Crippen LogP contribution in [0.5, 0.6) is 0 Å². The van der Waals surface area contributed by atoms with Crippen molar-refractivity contribution in [2.75, 3.05) is 0 Å². The molecule has 0 heterocycles. The van der Waals surface area contributed by atoms with Gasteiger partial charge in [-0.25, -0.2) is 4.79 Å². The molecule has 0 aliphatic rings. The summed E-state index contributed by atoms with van der Waals surface area (Å²) in [4.78, 5) is 21.2. The fourth-order valence-electron chi connectivity index (χ4n) is 0.884. The van der Waals surface area contributed by atoms with Crippen molar-refractivity contribution in [3.8, 4) is 0 Å². The fraction of sp³-hybridized carbons (Fsp3) is 0. The summed E-state index contributed by atoms with van der Waals surface area (Å²) in [6.45, 7) is 0. The standard InChI is InChI=1S/C8H7NO3.H2S/c9-7(10)5-3-1-2-4-6(5)8(11)12;/h1-4H,(H2,9,10)(H,11,12);1H2. The lowest BCUT2D eigenvalue weighted by atomic mass is 10.1. The van der Waals surface area contributed by atoms with Gasteiger partial charge in [0, 0.05) is 0 Å². The van der Waals surface area contributed by atoms with Gasteiger partial charge in [0.2, 0.25) is 5.91 Å². The van der Waals surface area contributed by atoms with E-state index >= 15 is 0 Å². The summed E-state index contributed by atoms with van der Waals surface area (Å²) in [6, 6.07) is 5.82. The Kier molecular flexibility index (Phi) is 4.00. The van der Waals surface area contributed by atoms with E-state index in [4.69, 9.17) is 10.8 Å². The molecule has 0 fully saturated rings. The first-order valence-corrected chi connectivity index (χ1v) is 3.25. The van der Waals surface area contributed by atoms with Crippen molar-refractivity contribution in [1.29, 1.82) is 0 Å². The van der Waals surface area contributed by atoms with E-state index in [0.717, 1.165) is 0 Å². The van der Waals surface area contributed by atoms with E-state index < -0.39 is 11.9 Å². The minimum Gasteiger partial charge on any atom is -0.478 e. The SMILES string of the molecule is NC(=O)c1ccccc1C(=O)O.S. The van der Waals surface area contributed by atoms with Gasteiger partial charge in [0.25, 0.3) is 0 Å². The number of carbonyl (C=O) groups excluding carboxylic acids is 1. The highest BCUT2D eigenvalue weighted by atomic mass is 32.1. The van der Waals surface area contributed by atoms with Crippen molar-refractivity contribution in [2.24, 2.45) is 5.73 Å². The zero-order valence-corrected chi connectivity index (χ0v) is 7.65. The Balaban J connectivity index is 0.00000144. The smallest absolute Gasteiger partial charge is 0.336 e. The molecule has 0 aromatic heterocycles. The van der Waals surface area contributed by atoms with Crippen LogP contribution in [0.4, 0.5) is 0 Å². The minimum atomic E-state index is -1.15. The number of carboxylic acids is 1. The maximum atomic E-state index is 10.7. The van der Waals surface area contributed by atoms with Crippen molar-refractivity contribution in [2.45, 2.75) is 0 Å². The Morgan fingerprint density at radius 3 is 1.92 bits per heavy atom. The summed E-state index contributed by atoms with van der Waals surface area (Å²) in [6.07, 6.45) is 0. The molecule has 0 saturated carbocycles. The predicted octanol–water partition coefficient (Wildman–Crippen LogP) is 0.597. The fourth-order valence-corrected chi connectivity index (χ4v) is 0.884. The first kappa shape index (κ1) is 11.5. The zero-order valence-electron chi connectivity index (χ0n) is 6.65. The van der Waals surface area contributed by atoms with E-state index in [-0.39, 0.29) is 24.6 Å². The first-order chi connectivity index (χ1) is 5.63. The molecule has 0 radical (unpaired) electrons. The molecule has 0 saturated heterocycles. The summed E-state index contributed by atoms with van der Waals surface area (Å²) in [5.74, 6) is -1.88. The van der Waals surface area contributed by atoms with Gasteiger partial charge in [0.1, 0.15) is 0 Å². The molecule has 0 spiro atoms. The van der Waals surface area contributed by atoms with E-state index in [1.54, 1.807) is 6.07 Å². The van der Waals surface area contributed by atoms with Gasteiger partial charge in [-0.3, -0.25) is 4.79 Å². The Morgan fingerprint density at radius 1 is 1.15 bits per heavy atom. The number of primary amides is 1. The molecule has 5 heteroatoms. The molecule has 0 bridgehead atoms. The van der Waals surface area contributed by atoms with Crippen molar-refractivity contribution >= 4 is 25.4 Å². The van der Waals surface area contributed by atoms with Crippen LogP contribution in [0, 0.1) is 0 Å². The van der Waals surface area contributed by atoms with Crippen LogP contribution >= 0.6 is 13.5 Å². The van der Waals surface area contributed by atoms with Crippen molar-refractivity contribution in [3.63, 3.8) is 0 Å². The average Bonchev–Trinajstić information content (AvgIpc) is 2.04. The van der Waals surface area contributed by atoms with Crippen LogP contribution in [0.3, 0.4) is 0 Å². The van der Waals surface area contributed by atoms with Crippen molar-refractivity contribution in [1.82, 2.24) is 0 Å². The summed E-state index contributed by atoms with van der Waals surface area (Å²) in [5.41, 5.74) is 4.92. The maximum absolute atomic E-state index is 10.7. The van der Waals surface area contributed by atoms with Gasteiger partial charge in [-0.05, 0) is 12.1 Å². The summed E-state index contributed by atoms with van der Waals surface area (Å²) in [7, 11) is 0. The highest BCUT2D eigenvalue weighted by molar-refractivity contribution is 7.59. The monoisotopic (exact) mass is 199 g/mol. The highest BCUT2D eigenvalue weighted by Gasteiger charge is 2.11. The Bertz CT molecular complexity index is 305. The molecule has 3 N–H and O–H groups in total. The number of hydrogen-bond acceptors (Lipinski definition) is 2. The topological polar surface area (TPSA) is 80.4 Å². The van der Waals surface area contributed by atoms with Crippen LogP contribution < -0.4 is 5.73 Å². The summed E-state index contributed by atoms with van der Waals surface area (Å²) in [5, 5.41) is 8.61. The lowest BCUT2D eigenvalue weighted by Crippen LogP contribution is -2.15. The number of carboxylic acid groups (broad SMARTS) is 1. The van der Waals surface area contributed by atoms with Gasteiger partial charge < -0.3 is 10.8 Å². The molecule has 1 aromatic carbocycles. The van der Waals surface area contributed by atoms with Gasteiger partial charge >= 0.3 is 5.97 Å². The van der Waals surface area contributed by atoms with E-state index in [0.29, 0.717) is 0 Å². The van der Waals surface area contributed by atoms with Crippen LogP contribution in [-0.4, -0.2) is 17.0 Å². The summed E-state index contributed by atoms with van der Waals surface area (Å²) >= 11 is 0. The lowest BCUT2D eigenvalue weighted by Gasteiger charge is -1.99. The number of benzene rings is 1. The number of rotatable bonds is 2. The van der Waals surface area contributed by atoms with Crippen LogP contribution in [0.2, 0.25) is 0 Å². The van der Waals surface area contributed by atoms with Crippen molar-refractivity contribution < 1.29 is 14.7 Å². The Morgan fingerprint density at radius 2 is 1.62 bits per heavy atom.